The van der Waals surface area contributed by atoms with Crippen LogP contribution in [0.25, 0.3) is 0 Å². The predicted molar refractivity (Wildman–Crippen MR) is 87.5 cm³/mol. The Morgan fingerprint density at radius 3 is 2.50 bits per heavy atom. The number of benzene rings is 2. The molecule has 0 aliphatic carbocycles. The maximum absolute atomic E-state index is 5.53. The van der Waals surface area contributed by atoms with Crippen LogP contribution in [0.4, 0.5) is 11.4 Å². The van der Waals surface area contributed by atoms with Crippen LogP contribution < -0.4 is 5.32 Å². The quantitative estimate of drug-likeness (QED) is 0.479. The first-order valence-corrected chi connectivity index (χ1v) is 6.87. The zero-order chi connectivity index (χ0) is 15.3. The summed E-state index contributed by atoms with van der Waals surface area (Å²) in [6.07, 6.45) is 3.02. The summed E-state index contributed by atoms with van der Waals surface area (Å²) in [5.74, 6) is 0. The Morgan fingerprint density at radius 1 is 1.23 bits per heavy atom. The van der Waals surface area contributed by atoms with Crippen molar-refractivity contribution in [3.8, 4) is 0 Å². The van der Waals surface area contributed by atoms with Crippen LogP contribution >= 0.6 is 0 Å². The molecule has 3 nitrogen and oxygen atoms in total. The first kappa shape index (κ1) is 19.0. The molecule has 1 N–H and O–H groups in total. The second-order valence-electron chi connectivity index (χ2n) is 5.20. The molecule has 0 saturated carbocycles. The molecule has 4 heteroatoms. The van der Waals surface area contributed by atoms with Gasteiger partial charge in [-0.25, -0.2) is 6.07 Å². The van der Waals surface area contributed by atoms with Crippen molar-refractivity contribution in [2.45, 2.75) is 19.4 Å². The zero-order valence-corrected chi connectivity index (χ0v) is 17.6. The van der Waals surface area contributed by atoms with Crippen molar-refractivity contribution in [1.82, 2.24) is 0 Å². The van der Waals surface area contributed by atoms with Gasteiger partial charge in [0.15, 0.2) is 0 Å². The number of nitrogens with one attached hydrogen (secondary N) is 1. The molecule has 0 atom stereocenters. The topological polar surface area (TPSA) is 33.6 Å². The Balaban J connectivity index is 0.00000242. The van der Waals surface area contributed by atoms with Crippen LogP contribution in [-0.4, -0.2) is 20.4 Å². The van der Waals surface area contributed by atoms with Gasteiger partial charge < -0.3 is 15.0 Å². The van der Waals surface area contributed by atoms with Crippen molar-refractivity contribution >= 4 is 17.6 Å². The van der Waals surface area contributed by atoms with Gasteiger partial charge in [-0.15, -0.1) is 41.1 Å². The molecule has 0 heterocycles. The van der Waals surface area contributed by atoms with Crippen molar-refractivity contribution in [3.05, 3.63) is 59.7 Å². The Labute approximate surface area is 156 Å². The molecule has 2 aromatic rings. The molecule has 22 heavy (non-hydrogen) atoms. The number of anilines is 1. The minimum absolute atomic E-state index is 0. The molecule has 2 aromatic carbocycles. The molecule has 0 aliphatic heterocycles. The fourth-order valence-electron chi connectivity index (χ4n) is 2.00. The summed E-state index contributed by atoms with van der Waals surface area (Å²) in [6.45, 7) is 4.05. The number of methoxy groups -OCH3 is 1. The van der Waals surface area contributed by atoms with E-state index in [0.717, 1.165) is 22.5 Å². The van der Waals surface area contributed by atoms with Crippen LogP contribution in [0.1, 0.15) is 25.0 Å². The van der Waals surface area contributed by atoms with E-state index < -0.39 is 0 Å². The van der Waals surface area contributed by atoms with Crippen LogP contribution in [0, 0.1) is 37.2 Å². The van der Waals surface area contributed by atoms with Gasteiger partial charge in [-0.1, -0.05) is 11.8 Å². The van der Waals surface area contributed by atoms with Gasteiger partial charge in [0.1, 0.15) is 0 Å². The monoisotopic (exact) mass is 518 g/mol. The molecule has 0 amide bonds. The van der Waals surface area contributed by atoms with Gasteiger partial charge in [0.25, 0.3) is 0 Å². The number of nitrogens with zero attached hydrogens (tertiary/aromatic N) is 1. The van der Waals surface area contributed by atoms with E-state index in [1.54, 1.807) is 7.11 Å². The Morgan fingerprint density at radius 2 is 1.91 bits per heavy atom. The zero-order valence-electron chi connectivity index (χ0n) is 13.4. The van der Waals surface area contributed by atoms with Gasteiger partial charge in [-0.05, 0) is 20.1 Å². The minimum Gasteiger partial charge on any atom is -0.410 e. The van der Waals surface area contributed by atoms with Gasteiger partial charge in [0.2, 0.25) is 0 Å². The third-order valence-electron chi connectivity index (χ3n) is 3.44. The van der Waals surface area contributed by atoms with E-state index in [1.807, 2.05) is 63.4 Å². The molecular formula is C18H20N2OU. The van der Waals surface area contributed by atoms with Gasteiger partial charge in [0.05, 0.1) is 0 Å². The van der Waals surface area contributed by atoms with Crippen LogP contribution in [0.5, 0.6) is 0 Å². The third-order valence-corrected chi connectivity index (χ3v) is 3.44. The summed E-state index contributed by atoms with van der Waals surface area (Å²) in [4.78, 5) is 4.35. The molecule has 0 saturated heterocycles. The Hall–Kier alpha value is -1.08. The van der Waals surface area contributed by atoms with E-state index in [0.29, 0.717) is 0 Å². The second kappa shape index (κ2) is 8.53. The van der Waals surface area contributed by atoms with E-state index in [9.17, 15) is 0 Å². The molecule has 0 radical (unpaired) electrons. The molecule has 2 rings (SSSR count). The second-order valence-corrected chi connectivity index (χ2v) is 5.20. The van der Waals surface area contributed by atoms with Crippen LogP contribution in [0.15, 0.2) is 47.5 Å². The van der Waals surface area contributed by atoms with Crippen LogP contribution in [0.3, 0.4) is 0 Å². The Kier molecular flexibility index (Phi) is 7.35. The maximum atomic E-state index is 5.53. The first-order valence-electron chi connectivity index (χ1n) is 6.87. The van der Waals surface area contributed by atoms with E-state index in [-0.39, 0.29) is 36.7 Å². The Bertz CT molecular complexity index is 624. The van der Waals surface area contributed by atoms with E-state index >= 15 is 0 Å². The van der Waals surface area contributed by atoms with E-state index in [4.69, 9.17) is 4.74 Å². The summed E-state index contributed by atoms with van der Waals surface area (Å²) in [5, 5.41) is 3.19. The fraction of sp³-hybridized carbons (Fsp3) is 0.278. The summed E-state index contributed by atoms with van der Waals surface area (Å²) < 4.78 is 5.53. The molecule has 0 bridgehead atoms. The number of hydrogen-bond acceptors (Lipinski definition) is 3. The summed E-state index contributed by atoms with van der Waals surface area (Å²) in [5.41, 5.74) is 3.33. The van der Waals surface area contributed by atoms with Crippen molar-refractivity contribution in [1.29, 1.82) is 0 Å². The summed E-state index contributed by atoms with van der Waals surface area (Å²) in [6, 6.07) is 16.9. The third kappa shape index (κ3) is 4.71. The number of rotatable bonds is 5. The van der Waals surface area contributed by atoms with Crippen LogP contribution in [-0.2, 0) is 10.3 Å². The average molecular weight is 518 g/mol. The van der Waals surface area contributed by atoms with Crippen molar-refractivity contribution < 1.29 is 35.9 Å². The SMILES string of the molecule is CNc1cc(N=[C-]c2ccccc2)[c-]cc1C(C)(C)OC.[U+2]. The van der Waals surface area contributed by atoms with Gasteiger partial charge in [-0.3, -0.25) is 0 Å². The maximum Gasteiger partial charge on any atom is 2.00 e. The fourth-order valence-corrected chi connectivity index (χ4v) is 2.00. The van der Waals surface area contributed by atoms with Crippen molar-refractivity contribution in [2.24, 2.45) is 4.99 Å². The molecule has 0 aromatic heterocycles. The van der Waals surface area contributed by atoms with E-state index in [2.05, 4.69) is 22.6 Å². The summed E-state index contributed by atoms with van der Waals surface area (Å²) >= 11 is 0. The smallest absolute Gasteiger partial charge is 0.410 e. The largest absolute Gasteiger partial charge is 2.00 e. The molecule has 112 valence electrons. The number of aliphatic imine (C=N–C) groups is 1. The molecular weight excluding hydrogens is 498 g/mol. The molecule has 0 aliphatic rings. The average Bonchev–Trinajstić information content (AvgIpc) is 2.53. The van der Waals surface area contributed by atoms with E-state index in [1.165, 1.54) is 0 Å². The van der Waals surface area contributed by atoms with Gasteiger partial charge in [-0.2, -0.15) is 12.1 Å². The number of hydrogen-bond donors (Lipinski definition) is 1. The molecule has 0 spiro atoms. The normalized spacial score (nSPS) is 11.3. The number of ether oxygens (including phenoxy) is 1. The first-order chi connectivity index (χ1) is 10.1. The van der Waals surface area contributed by atoms with Gasteiger partial charge >= 0.3 is 31.1 Å². The van der Waals surface area contributed by atoms with Crippen molar-refractivity contribution in [2.75, 3.05) is 19.5 Å². The predicted octanol–water partition coefficient (Wildman–Crippen LogP) is 4.04. The minimum atomic E-state index is -0.375. The molecule has 0 fully saturated rings. The standard InChI is InChI=1S/C18H20N2O.U/c1-18(2,21-4)16-11-10-15(12-17(16)19-3)20-13-14-8-6-5-7-9-14;/h5-9,11-12,19H,1-4H3;/q-2;+2. The van der Waals surface area contributed by atoms with Crippen molar-refractivity contribution in [3.63, 3.8) is 0 Å². The summed E-state index contributed by atoms with van der Waals surface area (Å²) in [7, 11) is 3.59. The van der Waals surface area contributed by atoms with Gasteiger partial charge in [0, 0.05) is 19.8 Å². The van der Waals surface area contributed by atoms with Crippen LogP contribution in [0.2, 0.25) is 0 Å². The molecule has 0 unspecified atom stereocenters.